The molecule has 0 radical (unpaired) electrons. The van der Waals surface area contributed by atoms with Crippen LogP contribution in [0.4, 0.5) is 13.2 Å². The first-order chi connectivity index (χ1) is 13.5. The van der Waals surface area contributed by atoms with E-state index >= 15 is 0 Å². The van der Waals surface area contributed by atoms with E-state index < -0.39 is 0 Å². The fourth-order valence-electron chi connectivity index (χ4n) is 3.42. The van der Waals surface area contributed by atoms with Gasteiger partial charge in [0.25, 0.3) is 0 Å². The summed E-state index contributed by atoms with van der Waals surface area (Å²) < 4.78 is 40.6. The SMILES string of the molecule is CSC/C(C)=C(\B(c1ccc(F)cc1)c1ccc(F)cc1)c1ccc(F)cc1. The average Bonchev–Trinajstić information content (AvgIpc) is 2.69. The van der Waals surface area contributed by atoms with Gasteiger partial charge in [-0.2, -0.15) is 11.8 Å². The molecule has 0 spiro atoms. The molecule has 0 heterocycles. The predicted octanol–water partition coefficient (Wildman–Crippen LogP) is 5.09. The highest BCUT2D eigenvalue weighted by atomic mass is 32.2. The van der Waals surface area contributed by atoms with Crippen LogP contribution in [0.5, 0.6) is 0 Å². The van der Waals surface area contributed by atoms with Crippen LogP contribution in [0.15, 0.2) is 78.4 Å². The second kappa shape index (κ2) is 9.20. The molecule has 5 heteroatoms. The summed E-state index contributed by atoms with van der Waals surface area (Å²) in [6, 6.07) is 19.1. The Morgan fingerprint density at radius 3 is 1.50 bits per heavy atom. The Labute approximate surface area is 168 Å². The Balaban J connectivity index is 2.24. The summed E-state index contributed by atoms with van der Waals surface area (Å²) in [7, 11) is 0. The van der Waals surface area contributed by atoms with Crippen molar-refractivity contribution in [2.45, 2.75) is 6.92 Å². The molecule has 0 aliphatic heterocycles. The molecule has 0 N–H and O–H groups in total. The Morgan fingerprint density at radius 1 is 0.714 bits per heavy atom. The topological polar surface area (TPSA) is 0 Å². The third-order valence-electron chi connectivity index (χ3n) is 4.67. The smallest absolute Gasteiger partial charge is 0.207 e. The lowest BCUT2D eigenvalue weighted by atomic mass is 9.34. The van der Waals surface area contributed by atoms with Gasteiger partial charge in [-0.05, 0) is 55.1 Å². The molecule has 0 aliphatic carbocycles. The maximum atomic E-state index is 13.5. The summed E-state index contributed by atoms with van der Waals surface area (Å²) in [5.41, 5.74) is 4.84. The molecule has 0 fully saturated rings. The van der Waals surface area contributed by atoms with Crippen molar-refractivity contribution in [1.82, 2.24) is 0 Å². The van der Waals surface area contributed by atoms with Crippen LogP contribution in [0.3, 0.4) is 0 Å². The van der Waals surface area contributed by atoms with Crippen LogP contribution < -0.4 is 10.9 Å². The molecule has 3 aromatic carbocycles. The molecule has 3 rings (SSSR count). The fraction of sp³-hybridized carbons (Fsp3) is 0.130. The van der Waals surface area contributed by atoms with Crippen molar-refractivity contribution in [2.24, 2.45) is 0 Å². The molecule has 142 valence electrons. The number of hydrogen-bond acceptors (Lipinski definition) is 1. The summed E-state index contributed by atoms with van der Waals surface area (Å²) in [6.45, 7) is 1.83. The molecular formula is C23H20BF3S. The van der Waals surface area contributed by atoms with E-state index in [0.717, 1.165) is 33.3 Å². The van der Waals surface area contributed by atoms with Crippen molar-refractivity contribution in [3.8, 4) is 0 Å². The average molecular weight is 396 g/mol. The molecule has 0 atom stereocenters. The van der Waals surface area contributed by atoms with E-state index in [9.17, 15) is 13.2 Å². The van der Waals surface area contributed by atoms with Crippen LogP contribution in [0, 0.1) is 17.5 Å². The maximum Gasteiger partial charge on any atom is 0.241 e. The normalized spacial score (nSPS) is 11.9. The Hall–Kier alpha value is -2.40. The van der Waals surface area contributed by atoms with Crippen LogP contribution in [0.1, 0.15) is 12.5 Å². The van der Waals surface area contributed by atoms with Crippen molar-refractivity contribution in [3.63, 3.8) is 0 Å². The van der Waals surface area contributed by atoms with Gasteiger partial charge in [0.2, 0.25) is 6.71 Å². The zero-order valence-electron chi connectivity index (χ0n) is 15.8. The highest BCUT2D eigenvalue weighted by Gasteiger charge is 2.27. The minimum absolute atomic E-state index is 0.223. The molecule has 0 nitrogen and oxygen atoms in total. The molecule has 0 aliphatic rings. The van der Waals surface area contributed by atoms with Gasteiger partial charge < -0.3 is 0 Å². The third-order valence-corrected chi connectivity index (χ3v) is 5.39. The predicted molar refractivity (Wildman–Crippen MR) is 115 cm³/mol. The largest absolute Gasteiger partial charge is 0.241 e. The number of halogens is 3. The van der Waals surface area contributed by atoms with Crippen LogP contribution in [0.25, 0.3) is 5.47 Å². The van der Waals surface area contributed by atoms with E-state index in [2.05, 4.69) is 6.92 Å². The highest BCUT2D eigenvalue weighted by molar-refractivity contribution is 7.98. The lowest BCUT2D eigenvalue weighted by molar-refractivity contribution is 0.627. The van der Waals surface area contributed by atoms with Crippen molar-refractivity contribution in [2.75, 3.05) is 12.0 Å². The second-order valence-electron chi connectivity index (χ2n) is 6.67. The Bertz CT molecular complexity index is 903. The number of rotatable bonds is 6. The summed E-state index contributed by atoms with van der Waals surface area (Å²) in [5.74, 6) is -0.124. The number of hydrogen-bond donors (Lipinski definition) is 0. The fourth-order valence-corrected chi connectivity index (χ4v) is 4.01. The zero-order chi connectivity index (χ0) is 20.1. The summed E-state index contributed by atoms with van der Waals surface area (Å²) in [4.78, 5) is 0. The van der Waals surface area contributed by atoms with E-state index in [1.54, 1.807) is 48.2 Å². The van der Waals surface area contributed by atoms with Crippen molar-refractivity contribution in [1.29, 1.82) is 0 Å². The molecule has 0 amide bonds. The first kappa shape index (κ1) is 20.3. The molecular weight excluding hydrogens is 376 g/mol. The lowest BCUT2D eigenvalue weighted by Gasteiger charge is -2.22. The maximum absolute atomic E-state index is 13.5. The highest BCUT2D eigenvalue weighted by Crippen LogP contribution is 2.25. The van der Waals surface area contributed by atoms with Gasteiger partial charge in [-0.3, -0.25) is 0 Å². The van der Waals surface area contributed by atoms with E-state index in [1.807, 2.05) is 6.26 Å². The van der Waals surface area contributed by atoms with Gasteiger partial charge in [-0.15, -0.1) is 0 Å². The first-order valence-electron chi connectivity index (χ1n) is 8.95. The zero-order valence-corrected chi connectivity index (χ0v) is 16.6. The molecule has 0 saturated heterocycles. The monoisotopic (exact) mass is 396 g/mol. The number of benzene rings is 3. The van der Waals surface area contributed by atoms with E-state index in [-0.39, 0.29) is 24.2 Å². The quantitative estimate of drug-likeness (QED) is 0.523. The molecule has 0 aromatic heterocycles. The lowest BCUT2D eigenvalue weighted by Crippen LogP contribution is -2.44. The van der Waals surface area contributed by atoms with Crippen LogP contribution >= 0.6 is 11.8 Å². The van der Waals surface area contributed by atoms with Gasteiger partial charge in [0.15, 0.2) is 0 Å². The molecule has 28 heavy (non-hydrogen) atoms. The minimum Gasteiger partial charge on any atom is -0.207 e. The molecule has 0 saturated carbocycles. The van der Waals surface area contributed by atoms with Gasteiger partial charge in [0.05, 0.1) is 0 Å². The van der Waals surface area contributed by atoms with Crippen molar-refractivity contribution in [3.05, 3.63) is 101 Å². The van der Waals surface area contributed by atoms with Gasteiger partial charge in [-0.1, -0.05) is 58.4 Å². The summed E-state index contributed by atoms with van der Waals surface area (Å²) in [6.07, 6.45) is 2.02. The van der Waals surface area contributed by atoms with Gasteiger partial charge >= 0.3 is 0 Å². The first-order valence-corrected chi connectivity index (χ1v) is 10.3. The Morgan fingerprint density at radius 2 is 1.11 bits per heavy atom. The van der Waals surface area contributed by atoms with Crippen LogP contribution in [0.2, 0.25) is 0 Å². The molecule has 0 bridgehead atoms. The van der Waals surface area contributed by atoms with Gasteiger partial charge in [-0.25, -0.2) is 13.2 Å². The second-order valence-corrected chi connectivity index (χ2v) is 7.54. The van der Waals surface area contributed by atoms with Crippen LogP contribution in [-0.4, -0.2) is 18.7 Å². The van der Waals surface area contributed by atoms with Gasteiger partial charge in [0, 0.05) is 5.75 Å². The molecule has 0 unspecified atom stereocenters. The van der Waals surface area contributed by atoms with E-state index in [4.69, 9.17) is 0 Å². The minimum atomic E-state index is -0.310. The molecule has 3 aromatic rings. The Kier molecular flexibility index (Phi) is 6.68. The summed E-state index contributed by atoms with van der Waals surface area (Å²) in [5, 5.41) is 0. The summed E-state index contributed by atoms with van der Waals surface area (Å²) >= 11 is 1.70. The van der Waals surface area contributed by atoms with E-state index in [0.29, 0.717) is 0 Å². The van der Waals surface area contributed by atoms with Gasteiger partial charge in [0.1, 0.15) is 17.5 Å². The van der Waals surface area contributed by atoms with Crippen molar-refractivity contribution >= 4 is 34.9 Å². The number of thioether (sulfide) groups is 1. The van der Waals surface area contributed by atoms with Crippen LogP contribution in [-0.2, 0) is 0 Å². The standard InChI is InChI=1S/C23H20BF3S/c1-16(15-28-2)23(17-3-9-20(25)10-4-17)24(18-5-11-21(26)12-6-18)19-7-13-22(27)14-8-19/h3-14H,15H2,1-2H3/b23-16-. The van der Waals surface area contributed by atoms with Crippen molar-refractivity contribution < 1.29 is 13.2 Å². The third kappa shape index (κ3) is 4.71. The van der Waals surface area contributed by atoms with E-state index in [1.165, 1.54) is 36.4 Å².